The lowest BCUT2D eigenvalue weighted by Gasteiger charge is -2.26. The number of carboxylic acids is 1. The molecule has 9 heteroatoms. The van der Waals surface area contributed by atoms with E-state index in [0.29, 0.717) is 13.2 Å². The van der Waals surface area contributed by atoms with Gasteiger partial charge in [-0.2, -0.15) is 12.7 Å². The van der Waals surface area contributed by atoms with Gasteiger partial charge in [-0.15, -0.1) is 0 Å². The minimum atomic E-state index is -3.83. The molecule has 0 aliphatic carbocycles. The van der Waals surface area contributed by atoms with Crippen LogP contribution in [0.25, 0.3) is 0 Å². The van der Waals surface area contributed by atoms with E-state index >= 15 is 0 Å². The Morgan fingerprint density at radius 3 is 2.60 bits per heavy atom. The van der Waals surface area contributed by atoms with E-state index in [2.05, 4.69) is 4.72 Å². The molecule has 2 rings (SSSR count). The molecule has 1 aromatic rings. The van der Waals surface area contributed by atoms with Crippen molar-refractivity contribution < 1.29 is 23.1 Å². The second-order valence-corrected chi connectivity index (χ2v) is 6.16. The number of nitrogens with zero attached hydrogens (tertiary/aromatic N) is 1. The van der Waals surface area contributed by atoms with Gasteiger partial charge in [0.1, 0.15) is 5.56 Å². The minimum Gasteiger partial charge on any atom is -0.478 e. The predicted molar refractivity (Wildman–Crippen MR) is 73.3 cm³/mol. The first-order chi connectivity index (χ1) is 9.42. The maximum Gasteiger partial charge on any atom is 0.339 e. The zero-order valence-electron chi connectivity index (χ0n) is 10.4. The molecule has 110 valence electrons. The summed E-state index contributed by atoms with van der Waals surface area (Å²) in [7, 11) is -3.83. The van der Waals surface area contributed by atoms with Gasteiger partial charge in [0.25, 0.3) is 0 Å². The van der Waals surface area contributed by atoms with Crippen LogP contribution in [-0.4, -0.2) is 50.1 Å². The van der Waals surface area contributed by atoms with Crippen LogP contribution in [-0.2, 0) is 14.9 Å². The molecule has 1 fully saturated rings. The quantitative estimate of drug-likeness (QED) is 0.863. The third-order valence-corrected chi connectivity index (χ3v) is 4.61. The number of anilines is 1. The second-order valence-electron chi connectivity index (χ2n) is 4.09. The molecule has 1 aliphatic rings. The Hall–Kier alpha value is -1.35. The Bertz CT molecular complexity index is 613. The van der Waals surface area contributed by atoms with Gasteiger partial charge in [-0.05, 0) is 12.1 Å². The van der Waals surface area contributed by atoms with Gasteiger partial charge in [0.05, 0.1) is 23.9 Å². The number of carbonyl (C=O) groups is 1. The van der Waals surface area contributed by atoms with Crippen molar-refractivity contribution in [1.82, 2.24) is 4.31 Å². The molecule has 0 bridgehead atoms. The van der Waals surface area contributed by atoms with Gasteiger partial charge in [0.2, 0.25) is 0 Å². The van der Waals surface area contributed by atoms with E-state index in [9.17, 15) is 13.2 Å². The van der Waals surface area contributed by atoms with E-state index < -0.39 is 16.2 Å². The second kappa shape index (κ2) is 5.96. The van der Waals surface area contributed by atoms with E-state index in [1.54, 1.807) is 0 Å². The number of nitrogens with one attached hydrogen (secondary N) is 1. The molecule has 0 unspecified atom stereocenters. The predicted octanol–water partition coefficient (Wildman–Crippen LogP) is 1.03. The van der Waals surface area contributed by atoms with Crippen molar-refractivity contribution >= 4 is 33.5 Å². The van der Waals surface area contributed by atoms with Crippen LogP contribution < -0.4 is 4.72 Å². The number of aromatic carboxylic acids is 1. The lowest BCUT2D eigenvalue weighted by molar-refractivity contribution is 0.0698. The van der Waals surface area contributed by atoms with Crippen LogP contribution in [0.4, 0.5) is 5.69 Å². The molecule has 0 amide bonds. The van der Waals surface area contributed by atoms with Crippen LogP contribution in [0.2, 0.25) is 5.02 Å². The molecule has 1 saturated heterocycles. The molecule has 0 saturated carbocycles. The lowest BCUT2D eigenvalue weighted by atomic mass is 10.2. The van der Waals surface area contributed by atoms with E-state index in [1.165, 1.54) is 22.5 Å². The molecule has 1 aliphatic heterocycles. The van der Waals surface area contributed by atoms with Gasteiger partial charge in [0, 0.05) is 13.1 Å². The lowest BCUT2D eigenvalue weighted by Crippen LogP contribution is -2.43. The van der Waals surface area contributed by atoms with Gasteiger partial charge >= 0.3 is 16.2 Å². The van der Waals surface area contributed by atoms with Crippen molar-refractivity contribution in [3.05, 3.63) is 28.8 Å². The van der Waals surface area contributed by atoms with E-state index in [1.807, 2.05) is 0 Å². The summed E-state index contributed by atoms with van der Waals surface area (Å²) in [4.78, 5) is 11.2. The largest absolute Gasteiger partial charge is 0.478 e. The summed E-state index contributed by atoms with van der Waals surface area (Å²) in [6, 6.07) is 4.22. The third kappa shape index (κ3) is 3.21. The highest BCUT2D eigenvalue weighted by atomic mass is 35.5. The molecule has 1 aromatic carbocycles. The number of halogens is 1. The van der Waals surface area contributed by atoms with Crippen molar-refractivity contribution in [3.63, 3.8) is 0 Å². The zero-order chi connectivity index (χ0) is 14.8. The first-order valence-corrected chi connectivity index (χ1v) is 7.61. The fourth-order valence-corrected chi connectivity index (χ4v) is 3.28. The third-order valence-electron chi connectivity index (χ3n) is 2.78. The highest BCUT2D eigenvalue weighted by Gasteiger charge is 2.26. The number of benzene rings is 1. The zero-order valence-corrected chi connectivity index (χ0v) is 11.9. The first-order valence-electron chi connectivity index (χ1n) is 5.79. The standard InChI is InChI=1S/C11H13ClN2O5S/c12-8-2-1-3-9(10(8)11(15)16)13-20(17,18)14-4-6-19-7-5-14/h1-3,13H,4-7H2,(H,15,16). The molecule has 7 nitrogen and oxygen atoms in total. The number of ether oxygens (including phenoxy) is 1. The summed E-state index contributed by atoms with van der Waals surface area (Å²) >= 11 is 5.79. The van der Waals surface area contributed by atoms with Crippen LogP contribution >= 0.6 is 11.6 Å². The number of carboxylic acid groups (broad SMARTS) is 1. The van der Waals surface area contributed by atoms with Crippen LogP contribution in [0, 0.1) is 0 Å². The Labute approximate surface area is 121 Å². The maximum absolute atomic E-state index is 12.2. The van der Waals surface area contributed by atoms with Gasteiger partial charge < -0.3 is 9.84 Å². The van der Waals surface area contributed by atoms with Gasteiger partial charge in [-0.25, -0.2) is 4.79 Å². The van der Waals surface area contributed by atoms with Crippen LogP contribution in [0.3, 0.4) is 0 Å². The summed E-state index contributed by atoms with van der Waals surface area (Å²) < 4.78 is 32.9. The Morgan fingerprint density at radius 2 is 2.00 bits per heavy atom. The molecule has 0 aromatic heterocycles. The molecule has 0 spiro atoms. The molecular formula is C11H13ClN2O5S. The fraction of sp³-hybridized carbons (Fsp3) is 0.364. The van der Waals surface area contributed by atoms with E-state index in [0.717, 1.165) is 0 Å². The highest BCUT2D eigenvalue weighted by molar-refractivity contribution is 7.90. The van der Waals surface area contributed by atoms with E-state index in [4.69, 9.17) is 21.4 Å². The number of rotatable bonds is 4. The van der Waals surface area contributed by atoms with Gasteiger partial charge in [-0.1, -0.05) is 17.7 Å². The molecule has 0 atom stereocenters. The SMILES string of the molecule is O=C(O)c1c(Cl)cccc1NS(=O)(=O)N1CCOCC1. The first kappa shape index (κ1) is 15.0. The Morgan fingerprint density at radius 1 is 1.35 bits per heavy atom. The van der Waals surface area contributed by atoms with Crippen molar-refractivity contribution in [2.45, 2.75) is 0 Å². The van der Waals surface area contributed by atoms with Gasteiger partial charge in [0.15, 0.2) is 0 Å². The summed E-state index contributed by atoms with van der Waals surface area (Å²) in [5.41, 5.74) is -0.331. The summed E-state index contributed by atoms with van der Waals surface area (Å²) in [6.07, 6.45) is 0. The molecular weight excluding hydrogens is 308 g/mol. The average molecular weight is 321 g/mol. The van der Waals surface area contributed by atoms with Crippen molar-refractivity contribution in [2.24, 2.45) is 0 Å². The Balaban J connectivity index is 2.29. The van der Waals surface area contributed by atoms with Crippen molar-refractivity contribution in [3.8, 4) is 0 Å². The molecule has 1 heterocycles. The van der Waals surface area contributed by atoms with Crippen LogP contribution in [0.1, 0.15) is 10.4 Å². The van der Waals surface area contributed by atoms with Gasteiger partial charge in [-0.3, -0.25) is 4.72 Å². The fourth-order valence-electron chi connectivity index (χ4n) is 1.82. The van der Waals surface area contributed by atoms with Crippen molar-refractivity contribution in [1.29, 1.82) is 0 Å². The smallest absolute Gasteiger partial charge is 0.339 e. The molecule has 2 N–H and O–H groups in total. The number of hydrogen-bond donors (Lipinski definition) is 2. The molecule has 20 heavy (non-hydrogen) atoms. The maximum atomic E-state index is 12.2. The Kier molecular flexibility index (Phi) is 4.48. The topological polar surface area (TPSA) is 95.9 Å². The highest BCUT2D eigenvalue weighted by Crippen LogP contribution is 2.25. The summed E-state index contributed by atoms with van der Waals surface area (Å²) in [5, 5.41) is 9.07. The normalized spacial score (nSPS) is 16.9. The van der Waals surface area contributed by atoms with E-state index in [-0.39, 0.29) is 29.4 Å². The number of morpholine rings is 1. The van der Waals surface area contributed by atoms with Crippen LogP contribution in [0.5, 0.6) is 0 Å². The number of hydrogen-bond acceptors (Lipinski definition) is 4. The van der Waals surface area contributed by atoms with Crippen molar-refractivity contribution in [2.75, 3.05) is 31.0 Å². The summed E-state index contributed by atoms with van der Waals surface area (Å²) in [6.45, 7) is 1.06. The minimum absolute atomic E-state index is 0.0281. The monoisotopic (exact) mass is 320 g/mol. The summed E-state index contributed by atoms with van der Waals surface area (Å²) in [5.74, 6) is -1.30. The average Bonchev–Trinajstić information content (AvgIpc) is 2.39. The molecule has 0 radical (unpaired) electrons. The van der Waals surface area contributed by atoms with Crippen LogP contribution in [0.15, 0.2) is 18.2 Å².